The minimum absolute atomic E-state index is 0.0875. The molecule has 2 unspecified atom stereocenters. The number of aromatic nitrogens is 1. The molecule has 0 aliphatic carbocycles. The first-order chi connectivity index (χ1) is 7.70. The molecule has 0 aliphatic rings. The molecule has 0 aliphatic heterocycles. The fraction of sp³-hybridized carbons (Fsp3) is 0.250. The minimum atomic E-state index is -0.0875. The Hall–Kier alpha value is -1.13. The molecular formula is C12H13BrN2O. The lowest BCUT2D eigenvalue weighted by atomic mass is 9.91. The average Bonchev–Trinajstić information content (AvgIpc) is 2.75. The highest BCUT2D eigenvalue weighted by molar-refractivity contribution is 9.10. The molecule has 3 nitrogen and oxygen atoms in total. The molecule has 2 atom stereocenters. The van der Waals surface area contributed by atoms with Crippen LogP contribution >= 0.6 is 15.9 Å². The lowest BCUT2D eigenvalue weighted by Crippen LogP contribution is -2.17. The number of rotatable bonds is 3. The number of halogens is 1. The second kappa shape index (κ2) is 4.80. The molecule has 0 spiro atoms. The van der Waals surface area contributed by atoms with Gasteiger partial charge in [0.05, 0.1) is 6.26 Å². The Morgan fingerprint density at radius 2 is 2.00 bits per heavy atom. The Bertz CT molecular complexity index is 455. The van der Waals surface area contributed by atoms with Crippen LogP contribution in [0.3, 0.4) is 0 Å². The molecular weight excluding hydrogens is 268 g/mol. The highest BCUT2D eigenvalue weighted by Gasteiger charge is 2.20. The van der Waals surface area contributed by atoms with Gasteiger partial charge in [-0.25, -0.2) is 0 Å². The zero-order valence-corrected chi connectivity index (χ0v) is 10.5. The van der Waals surface area contributed by atoms with Gasteiger partial charge in [0, 0.05) is 29.9 Å². The summed E-state index contributed by atoms with van der Waals surface area (Å²) in [5, 5.41) is 0. The van der Waals surface area contributed by atoms with Gasteiger partial charge in [0.2, 0.25) is 0 Å². The predicted molar refractivity (Wildman–Crippen MR) is 66.0 cm³/mol. The van der Waals surface area contributed by atoms with E-state index < -0.39 is 0 Å². The number of nitrogens with two attached hydrogens (primary N) is 1. The van der Waals surface area contributed by atoms with Gasteiger partial charge in [-0.05, 0) is 39.7 Å². The summed E-state index contributed by atoms with van der Waals surface area (Å²) in [4.78, 5) is 4.00. The molecule has 2 aromatic heterocycles. The molecule has 0 amide bonds. The van der Waals surface area contributed by atoms with E-state index in [9.17, 15) is 0 Å². The summed E-state index contributed by atoms with van der Waals surface area (Å²) < 4.78 is 5.91. The molecule has 0 bridgehead atoms. The molecule has 0 fully saturated rings. The summed E-state index contributed by atoms with van der Waals surface area (Å²) in [6.45, 7) is 2.10. The third-order valence-electron chi connectivity index (χ3n) is 2.78. The number of nitrogens with zero attached hydrogens (tertiary/aromatic N) is 1. The van der Waals surface area contributed by atoms with Crippen molar-refractivity contribution < 1.29 is 4.42 Å². The first-order valence-electron chi connectivity index (χ1n) is 5.08. The van der Waals surface area contributed by atoms with E-state index in [2.05, 4.69) is 27.8 Å². The van der Waals surface area contributed by atoms with E-state index in [0.29, 0.717) is 4.67 Å². The SMILES string of the molecule is CC(c1ccncc1)C(N)c1ccoc1Br. The van der Waals surface area contributed by atoms with E-state index in [-0.39, 0.29) is 12.0 Å². The van der Waals surface area contributed by atoms with Crippen LogP contribution in [0, 0.1) is 0 Å². The van der Waals surface area contributed by atoms with E-state index in [4.69, 9.17) is 10.2 Å². The quantitative estimate of drug-likeness (QED) is 0.939. The van der Waals surface area contributed by atoms with Crippen LogP contribution in [-0.2, 0) is 0 Å². The van der Waals surface area contributed by atoms with Crippen molar-refractivity contribution in [2.75, 3.05) is 0 Å². The maximum absolute atomic E-state index is 6.21. The molecule has 16 heavy (non-hydrogen) atoms. The normalized spacial score (nSPS) is 14.7. The second-order valence-electron chi connectivity index (χ2n) is 3.74. The van der Waals surface area contributed by atoms with Gasteiger partial charge < -0.3 is 10.2 Å². The van der Waals surface area contributed by atoms with Crippen LogP contribution in [0.2, 0.25) is 0 Å². The number of pyridine rings is 1. The fourth-order valence-electron chi connectivity index (χ4n) is 1.69. The van der Waals surface area contributed by atoms with Gasteiger partial charge in [-0.3, -0.25) is 4.98 Å². The van der Waals surface area contributed by atoms with Gasteiger partial charge in [0.25, 0.3) is 0 Å². The van der Waals surface area contributed by atoms with Crippen LogP contribution in [0.1, 0.15) is 30.0 Å². The maximum atomic E-state index is 6.21. The first-order valence-corrected chi connectivity index (χ1v) is 5.88. The van der Waals surface area contributed by atoms with Gasteiger partial charge >= 0.3 is 0 Å². The molecule has 0 radical (unpaired) electrons. The van der Waals surface area contributed by atoms with Gasteiger partial charge in [-0.2, -0.15) is 0 Å². The fourth-order valence-corrected chi connectivity index (χ4v) is 2.19. The molecule has 2 N–H and O–H groups in total. The van der Waals surface area contributed by atoms with Crippen molar-refractivity contribution in [2.45, 2.75) is 18.9 Å². The third-order valence-corrected chi connectivity index (χ3v) is 3.42. The molecule has 0 saturated carbocycles. The standard InChI is InChI=1S/C12H13BrN2O/c1-8(9-2-5-15-6-3-9)11(14)10-4-7-16-12(10)13/h2-8,11H,14H2,1H3. The summed E-state index contributed by atoms with van der Waals surface area (Å²) in [6.07, 6.45) is 5.20. The van der Waals surface area contributed by atoms with E-state index in [1.54, 1.807) is 18.7 Å². The number of hydrogen-bond donors (Lipinski definition) is 1. The van der Waals surface area contributed by atoms with Crippen LogP contribution in [0.15, 0.2) is 45.9 Å². The van der Waals surface area contributed by atoms with Crippen molar-refractivity contribution in [3.05, 3.63) is 52.7 Å². The van der Waals surface area contributed by atoms with Crippen molar-refractivity contribution in [3.63, 3.8) is 0 Å². The Balaban J connectivity index is 2.23. The lowest BCUT2D eigenvalue weighted by molar-refractivity contribution is 0.520. The Labute approximate surface area is 103 Å². The molecule has 2 heterocycles. The second-order valence-corrected chi connectivity index (χ2v) is 4.46. The summed E-state index contributed by atoms with van der Waals surface area (Å²) >= 11 is 3.35. The molecule has 0 saturated heterocycles. The Kier molecular flexibility index (Phi) is 3.41. The monoisotopic (exact) mass is 280 g/mol. The molecule has 0 aromatic carbocycles. The predicted octanol–water partition coefficient (Wildman–Crippen LogP) is 3.24. The molecule has 4 heteroatoms. The summed E-state index contributed by atoms with van der Waals surface area (Å²) in [5.74, 6) is 0.219. The third kappa shape index (κ3) is 2.18. The van der Waals surface area contributed by atoms with Crippen molar-refractivity contribution in [3.8, 4) is 0 Å². The van der Waals surface area contributed by atoms with E-state index in [0.717, 1.165) is 5.56 Å². The van der Waals surface area contributed by atoms with Gasteiger partial charge in [0.15, 0.2) is 4.67 Å². The van der Waals surface area contributed by atoms with Crippen molar-refractivity contribution in [1.29, 1.82) is 0 Å². The summed E-state index contributed by atoms with van der Waals surface area (Å²) in [5.41, 5.74) is 8.37. The summed E-state index contributed by atoms with van der Waals surface area (Å²) in [6, 6.07) is 5.78. The zero-order valence-electron chi connectivity index (χ0n) is 8.93. The van der Waals surface area contributed by atoms with Crippen LogP contribution in [0.4, 0.5) is 0 Å². The number of hydrogen-bond acceptors (Lipinski definition) is 3. The van der Waals surface area contributed by atoms with Crippen LogP contribution in [0.5, 0.6) is 0 Å². The smallest absolute Gasteiger partial charge is 0.173 e. The van der Waals surface area contributed by atoms with Gasteiger partial charge in [0.1, 0.15) is 0 Å². The zero-order chi connectivity index (χ0) is 11.5. The largest absolute Gasteiger partial charge is 0.457 e. The van der Waals surface area contributed by atoms with E-state index >= 15 is 0 Å². The Morgan fingerprint density at radius 1 is 1.31 bits per heavy atom. The van der Waals surface area contributed by atoms with Crippen molar-refractivity contribution in [2.24, 2.45) is 5.73 Å². The van der Waals surface area contributed by atoms with E-state index in [1.165, 1.54) is 5.56 Å². The Morgan fingerprint density at radius 3 is 2.56 bits per heavy atom. The highest BCUT2D eigenvalue weighted by Crippen LogP contribution is 2.32. The van der Waals surface area contributed by atoms with Gasteiger partial charge in [-0.1, -0.05) is 6.92 Å². The van der Waals surface area contributed by atoms with Crippen LogP contribution in [-0.4, -0.2) is 4.98 Å². The first kappa shape index (κ1) is 11.4. The topological polar surface area (TPSA) is 52.0 Å². The van der Waals surface area contributed by atoms with Crippen LogP contribution < -0.4 is 5.73 Å². The molecule has 2 rings (SSSR count). The lowest BCUT2D eigenvalue weighted by Gasteiger charge is -2.19. The maximum Gasteiger partial charge on any atom is 0.173 e. The van der Waals surface area contributed by atoms with Gasteiger partial charge in [-0.15, -0.1) is 0 Å². The van der Waals surface area contributed by atoms with Crippen molar-refractivity contribution in [1.82, 2.24) is 4.98 Å². The minimum Gasteiger partial charge on any atom is -0.457 e. The van der Waals surface area contributed by atoms with Crippen molar-refractivity contribution >= 4 is 15.9 Å². The van der Waals surface area contributed by atoms with Crippen LogP contribution in [0.25, 0.3) is 0 Å². The average molecular weight is 281 g/mol. The number of furan rings is 1. The molecule has 84 valence electrons. The van der Waals surface area contributed by atoms with E-state index in [1.807, 2.05) is 18.2 Å². The highest BCUT2D eigenvalue weighted by atomic mass is 79.9. The summed E-state index contributed by atoms with van der Waals surface area (Å²) in [7, 11) is 0. The molecule has 2 aromatic rings.